The number of carboxylic acid groups (broad SMARTS) is 1. The summed E-state index contributed by atoms with van der Waals surface area (Å²) in [5.41, 5.74) is 0. The van der Waals surface area contributed by atoms with Crippen molar-refractivity contribution in [2.45, 2.75) is 6.92 Å². The minimum absolute atomic E-state index is 0.379. The maximum atomic E-state index is 10.6. The lowest BCUT2D eigenvalue weighted by Crippen LogP contribution is -2.29. The predicted octanol–water partition coefficient (Wildman–Crippen LogP) is -0.325. The maximum Gasteiger partial charge on any atom is 0.307 e. The first-order chi connectivity index (χ1) is 5.54. The van der Waals surface area contributed by atoms with Crippen LogP contribution in [0.1, 0.15) is 6.92 Å². The molecule has 12 heavy (non-hydrogen) atoms. The molecular formula is C7H15NO3S. The monoisotopic (exact) mass is 193 g/mol. The summed E-state index contributed by atoms with van der Waals surface area (Å²) in [6.07, 6.45) is 1.63. The normalized spacial score (nSPS) is 15.5. The Balaban J connectivity index is 3.31. The predicted molar refractivity (Wildman–Crippen MR) is 48.6 cm³/mol. The average Bonchev–Trinajstić information content (AvgIpc) is 1.97. The number of aliphatic carboxylic acids is 1. The smallest absolute Gasteiger partial charge is 0.307 e. The van der Waals surface area contributed by atoms with Gasteiger partial charge in [0.05, 0.1) is 5.92 Å². The lowest BCUT2D eigenvalue weighted by molar-refractivity contribution is -0.140. The van der Waals surface area contributed by atoms with Gasteiger partial charge in [-0.3, -0.25) is 9.00 Å². The van der Waals surface area contributed by atoms with Gasteiger partial charge in [0.1, 0.15) is 0 Å². The van der Waals surface area contributed by atoms with E-state index < -0.39 is 16.8 Å². The van der Waals surface area contributed by atoms with Crippen molar-refractivity contribution >= 4 is 16.8 Å². The third-order valence-corrected chi connectivity index (χ3v) is 2.22. The molecule has 0 radical (unpaired) electrons. The molecule has 72 valence electrons. The average molecular weight is 193 g/mol. The molecule has 5 heteroatoms. The molecule has 0 saturated heterocycles. The van der Waals surface area contributed by atoms with E-state index in [-0.39, 0.29) is 5.92 Å². The van der Waals surface area contributed by atoms with Gasteiger partial charge < -0.3 is 10.4 Å². The Morgan fingerprint density at radius 3 is 2.67 bits per heavy atom. The molecular weight excluding hydrogens is 178 g/mol. The summed E-state index contributed by atoms with van der Waals surface area (Å²) in [5.74, 6) is -0.609. The molecule has 0 aromatic carbocycles. The summed E-state index contributed by atoms with van der Waals surface area (Å²) in [6, 6.07) is 0. The van der Waals surface area contributed by atoms with Crippen LogP contribution >= 0.6 is 0 Å². The minimum atomic E-state index is -0.805. The van der Waals surface area contributed by atoms with Crippen LogP contribution in [0.25, 0.3) is 0 Å². The second-order valence-electron chi connectivity index (χ2n) is 2.72. The number of hydrogen-bond donors (Lipinski definition) is 2. The summed E-state index contributed by atoms with van der Waals surface area (Å²) in [6.45, 7) is 2.69. The molecule has 2 unspecified atom stereocenters. The van der Waals surface area contributed by atoms with Crippen LogP contribution in [-0.4, -0.2) is 40.4 Å². The zero-order valence-electron chi connectivity index (χ0n) is 7.37. The Labute approximate surface area is 74.8 Å². The molecule has 0 bridgehead atoms. The quantitative estimate of drug-likeness (QED) is 0.567. The number of carbonyl (C=O) groups is 1. The highest BCUT2D eigenvalue weighted by atomic mass is 32.2. The van der Waals surface area contributed by atoms with Crippen LogP contribution in [0.15, 0.2) is 0 Å². The fourth-order valence-corrected chi connectivity index (χ4v) is 1.05. The lowest BCUT2D eigenvalue weighted by atomic mass is 10.2. The van der Waals surface area contributed by atoms with Gasteiger partial charge in [-0.1, -0.05) is 6.92 Å². The summed E-state index contributed by atoms with van der Waals surface area (Å²) in [4.78, 5) is 10.3. The Bertz CT molecular complexity index is 172. The summed E-state index contributed by atoms with van der Waals surface area (Å²) < 4.78 is 10.6. The van der Waals surface area contributed by atoms with Gasteiger partial charge in [0, 0.05) is 35.9 Å². The third kappa shape index (κ3) is 6.30. The molecule has 0 aromatic rings. The van der Waals surface area contributed by atoms with Crippen molar-refractivity contribution in [1.82, 2.24) is 5.32 Å². The number of carboxylic acids is 1. The molecule has 0 saturated carbocycles. The zero-order valence-corrected chi connectivity index (χ0v) is 8.19. The molecule has 0 aliphatic carbocycles. The molecule has 0 aromatic heterocycles. The van der Waals surface area contributed by atoms with Crippen LogP contribution in [0.2, 0.25) is 0 Å². The SMILES string of the molecule is CC(CNCCS(C)=O)C(=O)O. The topological polar surface area (TPSA) is 66.4 Å². The van der Waals surface area contributed by atoms with Crippen LogP contribution in [0.5, 0.6) is 0 Å². The van der Waals surface area contributed by atoms with E-state index in [2.05, 4.69) is 5.32 Å². The highest BCUT2D eigenvalue weighted by molar-refractivity contribution is 7.84. The highest BCUT2D eigenvalue weighted by Gasteiger charge is 2.08. The van der Waals surface area contributed by atoms with Gasteiger partial charge in [-0.15, -0.1) is 0 Å². The van der Waals surface area contributed by atoms with Crippen molar-refractivity contribution in [2.75, 3.05) is 25.1 Å². The van der Waals surface area contributed by atoms with Crippen LogP contribution in [-0.2, 0) is 15.6 Å². The van der Waals surface area contributed by atoms with Crippen molar-refractivity contribution in [3.63, 3.8) is 0 Å². The van der Waals surface area contributed by atoms with Gasteiger partial charge in [0.2, 0.25) is 0 Å². The van der Waals surface area contributed by atoms with E-state index in [0.29, 0.717) is 18.8 Å². The van der Waals surface area contributed by atoms with Gasteiger partial charge in [-0.2, -0.15) is 0 Å². The molecule has 0 heterocycles. The summed E-state index contributed by atoms with van der Waals surface area (Å²) in [7, 11) is -0.801. The second kappa shape index (κ2) is 6.14. The van der Waals surface area contributed by atoms with Crippen molar-refractivity contribution in [1.29, 1.82) is 0 Å². The van der Waals surface area contributed by atoms with Crippen LogP contribution in [0.4, 0.5) is 0 Å². The van der Waals surface area contributed by atoms with Gasteiger partial charge in [0.25, 0.3) is 0 Å². The van der Waals surface area contributed by atoms with E-state index in [9.17, 15) is 9.00 Å². The standard InChI is InChI=1S/C7H15NO3S/c1-6(7(9)10)5-8-3-4-12(2)11/h6,8H,3-5H2,1-2H3,(H,9,10). The fraction of sp³-hybridized carbons (Fsp3) is 0.857. The van der Waals surface area contributed by atoms with E-state index in [1.165, 1.54) is 0 Å². The molecule has 0 aliphatic heterocycles. The molecule has 0 fully saturated rings. The first kappa shape index (κ1) is 11.6. The Kier molecular flexibility index (Phi) is 5.92. The fourth-order valence-electron chi connectivity index (χ4n) is 0.622. The van der Waals surface area contributed by atoms with E-state index in [1.807, 2.05) is 0 Å². The van der Waals surface area contributed by atoms with Crippen molar-refractivity contribution in [2.24, 2.45) is 5.92 Å². The Morgan fingerprint density at radius 1 is 1.67 bits per heavy atom. The summed E-state index contributed by atoms with van der Waals surface area (Å²) >= 11 is 0. The first-order valence-electron chi connectivity index (χ1n) is 3.77. The molecule has 0 amide bonds. The molecule has 2 atom stereocenters. The van der Waals surface area contributed by atoms with E-state index >= 15 is 0 Å². The molecule has 2 N–H and O–H groups in total. The largest absolute Gasteiger partial charge is 0.481 e. The third-order valence-electron chi connectivity index (χ3n) is 1.44. The Hall–Kier alpha value is -0.420. The van der Waals surface area contributed by atoms with Crippen LogP contribution in [0.3, 0.4) is 0 Å². The van der Waals surface area contributed by atoms with E-state index in [0.717, 1.165) is 0 Å². The first-order valence-corrected chi connectivity index (χ1v) is 5.50. The molecule has 4 nitrogen and oxygen atoms in total. The summed E-state index contributed by atoms with van der Waals surface area (Å²) in [5, 5.41) is 11.4. The molecule has 0 rings (SSSR count). The van der Waals surface area contributed by atoms with Crippen molar-refractivity contribution < 1.29 is 14.1 Å². The molecule has 0 spiro atoms. The highest BCUT2D eigenvalue weighted by Crippen LogP contribution is 1.90. The van der Waals surface area contributed by atoms with Gasteiger partial charge in [0.15, 0.2) is 0 Å². The van der Waals surface area contributed by atoms with E-state index in [4.69, 9.17) is 5.11 Å². The zero-order chi connectivity index (χ0) is 9.56. The van der Waals surface area contributed by atoms with Crippen molar-refractivity contribution in [3.8, 4) is 0 Å². The maximum absolute atomic E-state index is 10.6. The van der Waals surface area contributed by atoms with Crippen LogP contribution in [0, 0.1) is 5.92 Å². The van der Waals surface area contributed by atoms with E-state index in [1.54, 1.807) is 13.2 Å². The minimum Gasteiger partial charge on any atom is -0.481 e. The van der Waals surface area contributed by atoms with Crippen LogP contribution < -0.4 is 5.32 Å². The Morgan fingerprint density at radius 2 is 2.25 bits per heavy atom. The number of nitrogens with one attached hydrogen (secondary N) is 1. The van der Waals surface area contributed by atoms with Crippen molar-refractivity contribution in [3.05, 3.63) is 0 Å². The van der Waals surface area contributed by atoms with Gasteiger partial charge >= 0.3 is 5.97 Å². The number of hydrogen-bond acceptors (Lipinski definition) is 3. The lowest BCUT2D eigenvalue weighted by Gasteiger charge is -2.06. The number of rotatable bonds is 6. The second-order valence-corrected chi connectivity index (χ2v) is 4.28. The molecule has 0 aliphatic rings. The van der Waals surface area contributed by atoms with Gasteiger partial charge in [-0.25, -0.2) is 0 Å². The van der Waals surface area contributed by atoms with Gasteiger partial charge in [-0.05, 0) is 0 Å².